The van der Waals surface area contributed by atoms with Crippen LogP contribution >= 0.6 is 0 Å². The van der Waals surface area contributed by atoms with Crippen LogP contribution in [0.5, 0.6) is 0 Å². The zero-order valence-electron chi connectivity index (χ0n) is 24.1. The minimum atomic E-state index is -1.36. The first-order chi connectivity index (χ1) is 20.4. The van der Waals surface area contributed by atoms with Crippen LogP contribution in [0.1, 0.15) is 61.6 Å². The number of nitrogens with one attached hydrogen (secondary N) is 2. The van der Waals surface area contributed by atoms with Gasteiger partial charge in [0.25, 0.3) is 0 Å². The van der Waals surface area contributed by atoms with Gasteiger partial charge in [-0.15, -0.1) is 0 Å². The Kier molecular flexibility index (Phi) is 9.22. The Hall–Kier alpha value is -4.17. The minimum absolute atomic E-state index is 0.0160. The first kappa shape index (κ1) is 29.3. The summed E-state index contributed by atoms with van der Waals surface area (Å²) in [5.74, 6) is -1.49. The summed E-state index contributed by atoms with van der Waals surface area (Å²) >= 11 is 0. The summed E-state index contributed by atoms with van der Waals surface area (Å²) in [5, 5.41) is 15.8. The number of fused-ring (bicyclic) bond motifs is 3. The molecule has 8 heteroatoms. The lowest BCUT2D eigenvalue weighted by molar-refractivity contribution is -0.147. The van der Waals surface area contributed by atoms with Gasteiger partial charge in [-0.25, -0.2) is 9.59 Å². The fraction of sp³-hybridized carbons (Fsp3) is 0.382. The molecule has 3 aromatic carbocycles. The Morgan fingerprint density at radius 1 is 0.976 bits per heavy atom. The van der Waals surface area contributed by atoms with Crippen molar-refractivity contribution >= 4 is 18.0 Å². The molecule has 5 rings (SSSR count). The van der Waals surface area contributed by atoms with Crippen LogP contribution in [-0.4, -0.2) is 59.3 Å². The van der Waals surface area contributed by atoms with E-state index in [1.807, 2.05) is 66.4 Å². The number of carboxylic acid groups (broad SMARTS) is 1. The van der Waals surface area contributed by atoms with Gasteiger partial charge in [-0.05, 0) is 40.7 Å². The summed E-state index contributed by atoms with van der Waals surface area (Å²) in [7, 11) is 0. The summed E-state index contributed by atoms with van der Waals surface area (Å²) in [6.45, 7) is 3.64. The van der Waals surface area contributed by atoms with Gasteiger partial charge in [0.15, 0.2) is 5.54 Å². The van der Waals surface area contributed by atoms with Gasteiger partial charge in [-0.1, -0.05) is 98.6 Å². The summed E-state index contributed by atoms with van der Waals surface area (Å²) in [6.07, 6.45) is 2.04. The van der Waals surface area contributed by atoms with E-state index in [-0.39, 0.29) is 31.4 Å². The fourth-order valence-electron chi connectivity index (χ4n) is 6.22. The number of hydrogen-bond donors (Lipinski definition) is 3. The number of amides is 2. The molecule has 1 aliphatic heterocycles. The second-order valence-electron chi connectivity index (χ2n) is 11.4. The molecule has 1 heterocycles. The van der Waals surface area contributed by atoms with Crippen LogP contribution in [-0.2, 0) is 20.9 Å². The van der Waals surface area contributed by atoms with Crippen molar-refractivity contribution in [1.29, 1.82) is 0 Å². The lowest BCUT2D eigenvalue weighted by Gasteiger charge is -2.27. The van der Waals surface area contributed by atoms with Gasteiger partial charge in [0.05, 0.1) is 0 Å². The molecule has 0 spiro atoms. The van der Waals surface area contributed by atoms with Crippen molar-refractivity contribution in [2.45, 2.75) is 63.1 Å². The van der Waals surface area contributed by atoms with Crippen molar-refractivity contribution in [3.63, 3.8) is 0 Å². The zero-order valence-corrected chi connectivity index (χ0v) is 24.1. The third-order valence-electron chi connectivity index (χ3n) is 8.39. The number of carbonyl (C=O) groups is 3. The second kappa shape index (κ2) is 13.2. The van der Waals surface area contributed by atoms with Gasteiger partial charge in [0, 0.05) is 38.0 Å². The summed E-state index contributed by atoms with van der Waals surface area (Å²) in [6, 6.07) is 25.7. The number of rotatable bonds is 12. The molecule has 0 aromatic heterocycles. The normalized spacial score (nSPS) is 18.6. The van der Waals surface area contributed by atoms with E-state index in [0.29, 0.717) is 25.9 Å². The quantitative estimate of drug-likeness (QED) is 0.273. The van der Waals surface area contributed by atoms with Crippen LogP contribution in [0.25, 0.3) is 11.1 Å². The number of hydrogen-bond acceptors (Lipinski definition) is 5. The molecule has 1 fully saturated rings. The average molecular weight is 570 g/mol. The summed E-state index contributed by atoms with van der Waals surface area (Å²) in [5.41, 5.74) is 4.31. The Labute approximate surface area is 247 Å². The number of aliphatic carboxylic acids is 1. The van der Waals surface area contributed by atoms with E-state index in [1.54, 1.807) is 0 Å². The Balaban J connectivity index is 1.18. The van der Waals surface area contributed by atoms with Gasteiger partial charge in [0.2, 0.25) is 5.91 Å². The van der Waals surface area contributed by atoms with E-state index >= 15 is 0 Å². The monoisotopic (exact) mass is 569 g/mol. The third-order valence-corrected chi connectivity index (χ3v) is 8.39. The van der Waals surface area contributed by atoms with E-state index < -0.39 is 23.6 Å². The highest BCUT2D eigenvalue weighted by Crippen LogP contribution is 2.44. The van der Waals surface area contributed by atoms with Crippen molar-refractivity contribution in [2.75, 3.05) is 19.7 Å². The Morgan fingerprint density at radius 3 is 2.26 bits per heavy atom. The van der Waals surface area contributed by atoms with Gasteiger partial charge in [-0.2, -0.15) is 0 Å². The predicted molar refractivity (Wildman–Crippen MR) is 161 cm³/mol. The smallest absolute Gasteiger partial charge is 0.407 e. The summed E-state index contributed by atoms with van der Waals surface area (Å²) in [4.78, 5) is 40.5. The molecule has 2 aliphatic rings. The molecule has 1 saturated heterocycles. The van der Waals surface area contributed by atoms with Crippen LogP contribution < -0.4 is 10.6 Å². The van der Waals surface area contributed by atoms with E-state index in [2.05, 4.69) is 34.9 Å². The predicted octanol–water partition coefficient (Wildman–Crippen LogP) is 5.32. The number of alkyl carbamates (subject to hydrolysis) is 1. The number of carbonyl (C=O) groups excluding carboxylic acids is 2. The molecule has 0 radical (unpaired) electrons. The lowest BCUT2D eigenvalue weighted by atomic mass is 9.97. The minimum Gasteiger partial charge on any atom is -0.479 e. The molecule has 0 bridgehead atoms. The number of ether oxygens (including phenoxy) is 1. The standard InChI is InChI=1S/C34H39N3O5/c1-2-3-13-25(20-31(38)36-34(32(39)40)18-19-37(23-34)21-24-11-5-4-6-12-24)35-33(41)42-22-30-28-16-9-7-14-26(28)27-15-8-10-17-29(27)30/h4-12,14-17,25,30H,2-3,13,18-23H2,1H3,(H,35,41)(H,36,38)(H,39,40)/t25-,34?/m1/s1. The molecular weight excluding hydrogens is 530 g/mol. The SMILES string of the molecule is CCCC[C@H](CC(=O)NC1(C(=O)O)CCN(Cc2ccccc2)C1)NC(=O)OCC1c2ccccc2-c2ccccc21. The molecule has 1 aliphatic carbocycles. The highest BCUT2D eigenvalue weighted by Gasteiger charge is 2.46. The van der Waals surface area contributed by atoms with E-state index in [9.17, 15) is 19.5 Å². The largest absolute Gasteiger partial charge is 0.479 e. The molecule has 220 valence electrons. The van der Waals surface area contributed by atoms with Gasteiger partial charge in [-0.3, -0.25) is 9.69 Å². The number of nitrogens with zero attached hydrogens (tertiary/aromatic N) is 1. The highest BCUT2D eigenvalue weighted by molar-refractivity contribution is 5.88. The van der Waals surface area contributed by atoms with Crippen LogP contribution in [0.2, 0.25) is 0 Å². The highest BCUT2D eigenvalue weighted by atomic mass is 16.5. The number of unbranched alkanes of at least 4 members (excludes halogenated alkanes) is 1. The first-order valence-corrected chi connectivity index (χ1v) is 14.8. The van der Waals surface area contributed by atoms with Crippen molar-refractivity contribution in [1.82, 2.24) is 15.5 Å². The zero-order chi connectivity index (χ0) is 29.5. The van der Waals surface area contributed by atoms with Crippen LogP contribution in [0, 0.1) is 0 Å². The number of carboxylic acids is 1. The van der Waals surface area contributed by atoms with Crippen LogP contribution in [0.15, 0.2) is 78.9 Å². The number of likely N-dealkylation sites (tertiary alicyclic amines) is 1. The van der Waals surface area contributed by atoms with E-state index in [1.165, 1.54) is 0 Å². The maximum absolute atomic E-state index is 13.2. The van der Waals surface area contributed by atoms with Crippen molar-refractivity contribution in [3.05, 3.63) is 95.6 Å². The van der Waals surface area contributed by atoms with Gasteiger partial charge in [0.1, 0.15) is 6.61 Å². The molecule has 0 saturated carbocycles. The van der Waals surface area contributed by atoms with E-state index in [0.717, 1.165) is 40.7 Å². The molecule has 42 heavy (non-hydrogen) atoms. The maximum Gasteiger partial charge on any atom is 0.407 e. The van der Waals surface area contributed by atoms with Gasteiger partial charge >= 0.3 is 12.1 Å². The van der Waals surface area contributed by atoms with Crippen molar-refractivity contribution in [2.24, 2.45) is 0 Å². The topological polar surface area (TPSA) is 108 Å². The van der Waals surface area contributed by atoms with E-state index in [4.69, 9.17) is 4.74 Å². The van der Waals surface area contributed by atoms with Crippen LogP contribution in [0.3, 0.4) is 0 Å². The first-order valence-electron chi connectivity index (χ1n) is 14.8. The average Bonchev–Trinajstić information content (AvgIpc) is 3.54. The molecule has 2 amide bonds. The van der Waals surface area contributed by atoms with Crippen LogP contribution in [0.4, 0.5) is 4.79 Å². The Morgan fingerprint density at radius 2 is 1.62 bits per heavy atom. The van der Waals surface area contributed by atoms with Crippen molar-refractivity contribution < 1.29 is 24.2 Å². The third kappa shape index (κ3) is 6.65. The Bertz CT molecular complexity index is 1370. The lowest BCUT2D eigenvalue weighted by Crippen LogP contribution is -2.57. The maximum atomic E-state index is 13.2. The molecule has 3 N–H and O–H groups in total. The molecule has 3 aromatic rings. The fourth-order valence-corrected chi connectivity index (χ4v) is 6.22. The molecule has 1 unspecified atom stereocenters. The molecule has 8 nitrogen and oxygen atoms in total. The van der Waals surface area contributed by atoms with Crippen molar-refractivity contribution in [3.8, 4) is 11.1 Å². The number of benzene rings is 3. The molecule has 2 atom stereocenters. The summed E-state index contributed by atoms with van der Waals surface area (Å²) < 4.78 is 5.71. The van der Waals surface area contributed by atoms with Gasteiger partial charge < -0.3 is 20.5 Å². The molecular formula is C34H39N3O5. The second-order valence-corrected chi connectivity index (χ2v) is 11.4.